The standard InChI is InChI=1S/C43H63N13O7.4C2HF3O2/c1-28(39(60)52-42(63)34(10-7-16-44)50-29(2)57)49-41(62)33(13-17-48-43(45)46)47-18-21-53-22-24-55(25-23-53)37(58)26-30-14-19-54(20-15-30)27-38(59)56-35-11-5-3-8-31(35)40(61)51-32-9-4-6-12-36(32)56;4*3-2(4,5)1(6)7/h3-6,8-9,11-12,28,30,33-34,47H,7,10,13-27,44H2,1-2H3,(H,49,62)(H,50,57)(H,51,61)(H4,45,46,48)(H,52,60,63);4*(H,6,7)/t28-,33-,34-;;;;/m0..../s1. The van der Waals surface area contributed by atoms with Gasteiger partial charge in [-0.2, -0.15) is 52.7 Å². The van der Waals surface area contributed by atoms with Crippen LogP contribution in [0.5, 0.6) is 0 Å². The molecule has 2 aromatic carbocycles. The van der Waals surface area contributed by atoms with Gasteiger partial charge in [-0.05, 0) is 88.8 Å². The van der Waals surface area contributed by atoms with E-state index in [1.165, 1.54) is 13.8 Å². The van der Waals surface area contributed by atoms with Crippen LogP contribution in [0.3, 0.4) is 0 Å². The Morgan fingerprint density at radius 2 is 1.12 bits per heavy atom. The number of anilines is 3. The van der Waals surface area contributed by atoms with Gasteiger partial charge in [0.25, 0.3) is 5.91 Å². The van der Waals surface area contributed by atoms with Crippen molar-refractivity contribution in [2.24, 2.45) is 28.1 Å². The summed E-state index contributed by atoms with van der Waals surface area (Å²) in [5.74, 6) is -13.5. The van der Waals surface area contributed by atoms with E-state index in [9.17, 15) is 86.2 Å². The number of piperidine rings is 1. The number of guanidine groups is 1. The molecular formula is C51H67F12N13O15. The maximum atomic E-state index is 13.9. The third kappa shape index (κ3) is 30.4. The lowest BCUT2D eigenvalue weighted by Gasteiger charge is -2.37. The van der Waals surface area contributed by atoms with E-state index in [2.05, 4.69) is 41.4 Å². The topological polar surface area (TPSA) is 432 Å². The molecule has 40 heteroatoms. The molecule has 0 spiro atoms. The number of imide groups is 1. The lowest BCUT2D eigenvalue weighted by Crippen LogP contribution is -2.56. The molecule has 3 aliphatic rings. The van der Waals surface area contributed by atoms with E-state index >= 15 is 0 Å². The monoisotopic (exact) mass is 1330 g/mol. The first-order valence-electron chi connectivity index (χ1n) is 26.7. The molecule has 2 saturated heterocycles. The summed E-state index contributed by atoms with van der Waals surface area (Å²) in [5.41, 5.74) is 18.7. The molecule has 28 nitrogen and oxygen atoms in total. The van der Waals surface area contributed by atoms with E-state index in [-0.39, 0.29) is 55.5 Å². The second kappa shape index (κ2) is 37.3. The fourth-order valence-corrected chi connectivity index (χ4v) is 8.01. The third-order valence-corrected chi connectivity index (χ3v) is 12.5. The maximum absolute atomic E-state index is 13.9. The number of hydrogen-bond acceptors (Lipinski definition) is 16. The van der Waals surface area contributed by atoms with Crippen LogP contribution in [0.15, 0.2) is 53.5 Å². The number of nitrogens with one attached hydrogen (secondary N) is 5. The molecule has 0 aromatic heterocycles. The Morgan fingerprint density at radius 3 is 1.59 bits per heavy atom. The summed E-state index contributed by atoms with van der Waals surface area (Å²) in [5, 5.41) is 42.1. The van der Waals surface area contributed by atoms with Crippen LogP contribution >= 0.6 is 0 Å². The van der Waals surface area contributed by atoms with E-state index in [1.807, 2.05) is 29.2 Å². The number of hydrogen-bond donors (Lipinski definition) is 12. The number of aliphatic imine (C=N–C) groups is 1. The van der Waals surface area contributed by atoms with Crippen molar-refractivity contribution in [3.05, 3.63) is 54.1 Å². The minimum absolute atomic E-state index is 0.117. The first-order chi connectivity index (χ1) is 42.0. The number of likely N-dealkylation sites (tertiary alicyclic amines) is 1. The number of nitrogens with zero attached hydrogens (tertiary/aromatic N) is 5. The molecule has 3 heterocycles. The van der Waals surface area contributed by atoms with Gasteiger partial charge in [-0.15, -0.1) is 0 Å². The highest BCUT2D eigenvalue weighted by molar-refractivity contribution is 6.18. The van der Waals surface area contributed by atoms with Gasteiger partial charge in [0, 0.05) is 59.2 Å². The number of fused-ring (bicyclic) bond motifs is 2. The van der Waals surface area contributed by atoms with Crippen LogP contribution in [-0.4, -0.2) is 221 Å². The highest BCUT2D eigenvalue weighted by atomic mass is 19.4. The van der Waals surface area contributed by atoms with Crippen molar-refractivity contribution >= 4 is 88.2 Å². The zero-order valence-corrected chi connectivity index (χ0v) is 48.2. The third-order valence-electron chi connectivity index (χ3n) is 12.5. The number of carbonyl (C=O) groups excluding carboxylic acids is 7. The summed E-state index contributed by atoms with van der Waals surface area (Å²) < 4.78 is 127. The van der Waals surface area contributed by atoms with Crippen molar-refractivity contribution in [2.45, 2.75) is 95.2 Å². The molecule has 15 N–H and O–H groups in total. The van der Waals surface area contributed by atoms with Crippen LogP contribution in [0.25, 0.3) is 0 Å². The number of carboxylic acid groups (broad SMARTS) is 4. The largest absolute Gasteiger partial charge is 0.490 e. The summed E-state index contributed by atoms with van der Waals surface area (Å²) in [4.78, 5) is 138. The molecule has 3 atom stereocenters. The van der Waals surface area contributed by atoms with Gasteiger partial charge in [0.15, 0.2) is 5.96 Å². The van der Waals surface area contributed by atoms with Crippen LogP contribution < -0.4 is 48.7 Å². The van der Waals surface area contributed by atoms with E-state index < -0.39 is 90.3 Å². The summed E-state index contributed by atoms with van der Waals surface area (Å²) >= 11 is 0. The molecule has 91 heavy (non-hydrogen) atoms. The SMILES string of the molecule is CC(=O)N[C@@H](CCCN)C(=O)NC(=O)[C@H](C)NC(=O)[C@H](CCN=C(N)N)NCCN1CCN(C(=O)CC2CCN(CC(=O)N3c4ccccc4NC(=O)c4ccccc43)CC2)CC1.O=C(O)C(F)(F)F.O=C(O)C(F)(F)F.O=C(O)C(F)(F)F.O=C(O)C(F)(F)F. The van der Waals surface area contributed by atoms with E-state index in [0.29, 0.717) is 94.4 Å². The number of benzene rings is 2. The number of carboxylic acids is 4. The second-order valence-electron chi connectivity index (χ2n) is 19.4. The van der Waals surface area contributed by atoms with Gasteiger partial charge in [0.1, 0.15) is 12.1 Å². The van der Waals surface area contributed by atoms with Gasteiger partial charge >= 0.3 is 48.6 Å². The van der Waals surface area contributed by atoms with Gasteiger partial charge < -0.3 is 63.8 Å². The molecule has 0 aliphatic carbocycles. The van der Waals surface area contributed by atoms with Crippen molar-refractivity contribution in [2.75, 3.05) is 82.2 Å². The number of para-hydroxylation sites is 3. The molecule has 5 rings (SSSR count). The summed E-state index contributed by atoms with van der Waals surface area (Å²) in [6.07, 6.45) is -17.3. The second-order valence-corrected chi connectivity index (χ2v) is 19.4. The quantitative estimate of drug-likeness (QED) is 0.0541. The molecule has 0 bridgehead atoms. The van der Waals surface area contributed by atoms with Crippen LogP contribution in [0.2, 0.25) is 0 Å². The van der Waals surface area contributed by atoms with Crippen LogP contribution in [0, 0.1) is 5.92 Å². The zero-order valence-electron chi connectivity index (χ0n) is 48.2. The van der Waals surface area contributed by atoms with E-state index in [1.54, 1.807) is 29.2 Å². The van der Waals surface area contributed by atoms with Crippen molar-refractivity contribution in [1.82, 2.24) is 36.0 Å². The number of alkyl halides is 12. The van der Waals surface area contributed by atoms with Crippen molar-refractivity contribution < 1.29 is 126 Å². The lowest BCUT2D eigenvalue weighted by molar-refractivity contribution is -0.193. The summed E-state index contributed by atoms with van der Waals surface area (Å²) in [6.45, 7) is 8.27. The van der Waals surface area contributed by atoms with Crippen molar-refractivity contribution in [3.8, 4) is 0 Å². The number of aliphatic carboxylic acids is 4. The smallest absolute Gasteiger partial charge is 0.475 e. The molecule has 3 aliphatic heterocycles. The number of piperazine rings is 1. The fourth-order valence-electron chi connectivity index (χ4n) is 8.01. The normalized spacial score (nSPS) is 15.4. The first-order valence-corrected chi connectivity index (χ1v) is 26.7. The average molecular weight is 1330 g/mol. The molecule has 2 aromatic rings. The predicted molar refractivity (Wildman–Crippen MR) is 293 cm³/mol. The van der Waals surface area contributed by atoms with E-state index in [4.69, 9.17) is 56.8 Å². The van der Waals surface area contributed by atoms with Crippen LogP contribution in [0.4, 0.5) is 69.7 Å². The Bertz CT molecular complexity index is 2750. The molecule has 7 amide bonds. The van der Waals surface area contributed by atoms with Gasteiger partial charge in [0.2, 0.25) is 35.4 Å². The number of nitrogens with two attached hydrogens (primary N) is 3. The zero-order chi connectivity index (χ0) is 69.8. The van der Waals surface area contributed by atoms with E-state index in [0.717, 1.165) is 12.8 Å². The Kier molecular flexibility index (Phi) is 32.8. The van der Waals surface area contributed by atoms with Crippen LogP contribution in [-0.2, 0) is 47.9 Å². The molecule has 0 radical (unpaired) electrons. The minimum atomic E-state index is -5.08. The summed E-state index contributed by atoms with van der Waals surface area (Å²) in [6, 6.07) is 11.6. The highest BCUT2D eigenvalue weighted by Crippen LogP contribution is 2.38. The first kappa shape index (κ1) is 80.1. The fraction of sp³-hybridized carbons (Fsp3) is 0.529. The average Bonchev–Trinajstić information content (AvgIpc) is 1.71. The number of amides is 7. The maximum Gasteiger partial charge on any atom is 0.490 e. The van der Waals surface area contributed by atoms with Crippen molar-refractivity contribution in [1.29, 1.82) is 0 Å². The molecule has 510 valence electrons. The molecule has 0 unspecified atom stereocenters. The Morgan fingerprint density at radius 1 is 0.637 bits per heavy atom. The molecule has 2 fully saturated rings. The predicted octanol–water partition coefficient (Wildman–Crippen LogP) is 1.71. The minimum Gasteiger partial charge on any atom is -0.475 e. The highest BCUT2D eigenvalue weighted by Gasteiger charge is 2.41. The molecular weight excluding hydrogens is 1260 g/mol. The Labute approximate surface area is 508 Å². The number of halogens is 12. The van der Waals surface area contributed by atoms with Gasteiger partial charge in [0.05, 0.1) is 35.2 Å². The van der Waals surface area contributed by atoms with Crippen molar-refractivity contribution in [3.63, 3.8) is 0 Å². The summed E-state index contributed by atoms with van der Waals surface area (Å²) in [7, 11) is 0. The molecule has 0 saturated carbocycles. The number of rotatable bonds is 19. The van der Waals surface area contributed by atoms with Gasteiger partial charge in [-0.25, -0.2) is 19.2 Å². The lowest BCUT2D eigenvalue weighted by atomic mass is 9.93. The number of carbonyl (C=O) groups is 11. The Balaban J connectivity index is 0.00000122. The Hall–Kier alpha value is -8.92. The van der Waals surface area contributed by atoms with Gasteiger partial charge in [-0.3, -0.25) is 58.6 Å². The van der Waals surface area contributed by atoms with Gasteiger partial charge in [-0.1, -0.05) is 24.3 Å². The van der Waals surface area contributed by atoms with Crippen LogP contribution in [0.1, 0.15) is 62.7 Å².